The van der Waals surface area contributed by atoms with E-state index < -0.39 is 0 Å². The van der Waals surface area contributed by atoms with Crippen LogP contribution >= 0.6 is 0 Å². The van der Waals surface area contributed by atoms with Crippen LogP contribution in [0.25, 0.3) is 0 Å². The molecule has 0 aromatic heterocycles. The van der Waals surface area contributed by atoms with E-state index in [1.807, 2.05) is 12.1 Å². The van der Waals surface area contributed by atoms with E-state index >= 15 is 0 Å². The first-order valence-electron chi connectivity index (χ1n) is 6.40. The molecule has 0 bridgehead atoms. The minimum atomic E-state index is -0.262. The van der Waals surface area contributed by atoms with Crippen molar-refractivity contribution in [3.8, 4) is 5.75 Å². The molecule has 0 heterocycles. The third-order valence-electron chi connectivity index (χ3n) is 2.63. The van der Waals surface area contributed by atoms with Gasteiger partial charge >= 0.3 is 0 Å². The summed E-state index contributed by atoms with van der Waals surface area (Å²) in [5.74, 6) is 0.225. The lowest BCUT2D eigenvalue weighted by Gasteiger charge is -2.06. The number of ether oxygens (including phenoxy) is 1. The number of nitrogens with zero attached hydrogens (tertiary/aromatic N) is 1. The zero-order valence-corrected chi connectivity index (χ0v) is 11.5. The number of hydrogen-bond donors (Lipinski definition) is 1. The van der Waals surface area contributed by atoms with Crippen LogP contribution in [0.3, 0.4) is 0 Å². The van der Waals surface area contributed by atoms with Gasteiger partial charge in [0.1, 0.15) is 18.2 Å². The van der Waals surface area contributed by atoms with E-state index in [2.05, 4.69) is 10.5 Å². The van der Waals surface area contributed by atoms with Crippen molar-refractivity contribution < 1.29 is 13.9 Å². The van der Waals surface area contributed by atoms with Crippen molar-refractivity contribution in [2.24, 2.45) is 5.10 Å². The highest BCUT2D eigenvalue weighted by atomic mass is 19.1. The van der Waals surface area contributed by atoms with Gasteiger partial charge < -0.3 is 4.74 Å². The highest BCUT2D eigenvalue weighted by Crippen LogP contribution is 2.13. The third kappa shape index (κ3) is 5.06. The maximum absolute atomic E-state index is 12.8. The number of carbonyl (C=O) groups is 1. The van der Waals surface area contributed by atoms with Gasteiger partial charge in [0, 0.05) is 6.92 Å². The summed E-state index contributed by atoms with van der Waals surface area (Å²) < 4.78 is 18.4. The zero-order chi connectivity index (χ0) is 15.1. The largest absolute Gasteiger partial charge is 0.489 e. The van der Waals surface area contributed by atoms with Crippen molar-refractivity contribution in [3.05, 3.63) is 65.5 Å². The van der Waals surface area contributed by atoms with Gasteiger partial charge in [-0.3, -0.25) is 4.79 Å². The SMILES string of the molecule is CC(=O)N/N=C\c1ccc(OCc2ccc(F)cc2)cc1. The average molecular weight is 286 g/mol. The second kappa shape index (κ2) is 7.19. The van der Waals surface area contributed by atoms with E-state index in [0.29, 0.717) is 12.4 Å². The number of hydrazone groups is 1. The summed E-state index contributed by atoms with van der Waals surface area (Å²) >= 11 is 0. The number of nitrogens with one attached hydrogen (secondary N) is 1. The van der Waals surface area contributed by atoms with Crippen LogP contribution in [0.1, 0.15) is 18.1 Å². The predicted octanol–water partition coefficient (Wildman–Crippen LogP) is 2.87. The minimum absolute atomic E-state index is 0.217. The Bertz CT molecular complexity index is 622. The second-order valence-corrected chi connectivity index (χ2v) is 4.41. The molecule has 0 spiro atoms. The van der Waals surface area contributed by atoms with Crippen LogP contribution in [0.4, 0.5) is 4.39 Å². The highest BCUT2D eigenvalue weighted by molar-refractivity contribution is 5.81. The first kappa shape index (κ1) is 14.7. The van der Waals surface area contributed by atoms with Crippen molar-refractivity contribution in [1.82, 2.24) is 5.43 Å². The molecule has 2 rings (SSSR count). The molecule has 1 N–H and O–H groups in total. The topological polar surface area (TPSA) is 50.7 Å². The van der Waals surface area contributed by atoms with Gasteiger partial charge in [-0.15, -0.1) is 0 Å². The van der Waals surface area contributed by atoms with Gasteiger partial charge in [-0.1, -0.05) is 12.1 Å². The van der Waals surface area contributed by atoms with E-state index in [4.69, 9.17) is 4.74 Å². The first-order valence-corrected chi connectivity index (χ1v) is 6.40. The Morgan fingerprint density at radius 1 is 1.19 bits per heavy atom. The van der Waals surface area contributed by atoms with E-state index in [1.165, 1.54) is 19.1 Å². The van der Waals surface area contributed by atoms with Crippen LogP contribution in [-0.4, -0.2) is 12.1 Å². The predicted molar refractivity (Wildman–Crippen MR) is 78.6 cm³/mol. The molecule has 0 fully saturated rings. The number of amides is 1. The molecule has 4 nitrogen and oxygen atoms in total. The van der Waals surface area contributed by atoms with E-state index in [-0.39, 0.29) is 11.7 Å². The summed E-state index contributed by atoms with van der Waals surface area (Å²) in [6.07, 6.45) is 1.55. The number of carbonyl (C=O) groups excluding carboxylic acids is 1. The molecule has 21 heavy (non-hydrogen) atoms. The van der Waals surface area contributed by atoms with Crippen LogP contribution < -0.4 is 10.2 Å². The minimum Gasteiger partial charge on any atom is -0.489 e. The lowest BCUT2D eigenvalue weighted by molar-refractivity contribution is -0.118. The molecule has 0 radical (unpaired) electrons. The molecular formula is C16H15FN2O2. The van der Waals surface area contributed by atoms with Gasteiger partial charge in [0.05, 0.1) is 6.21 Å². The molecule has 0 unspecified atom stereocenters. The van der Waals surface area contributed by atoms with Crippen molar-refractivity contribution in [2.75, 3.05) is 0 Å². The molecule has 5 heteroatoms. The standard InChI is InChI=1S/C16H15FN2O2/c1-12(20)19-18-10-13-4-8-16(9-5-13)21-11-14-2-6-15(17)7-3-14/h2-10H,11H2,1H3,(H,19,20)/b18-10-. The lowest BCUT2D eigenvalue weighted by Crippen LogP contribution is -2.12. The van der Waals surface area contributed by atoms with Crippen molar-refractivity contribution in [2.45, 2.75) is 13.5 Å². The number of hydrogen-bond acceptors (Lipinski definition) is 3. The maximum Gasteiger partial charge on any atom is 0.236 e. The Kier molecular flexibility index (Phi) is 5.04. The van der Waals surface area contributed by atoms with Crippen LogP contribution in [0, 0.1) is 5.82 Å². The van der Waals surface area contributed by atoms with Crippen LogP contribution in [0.15, 0.2) is 53.6 Å². The Morgan fingerprint density at radius 2 is 1.86 bits per heavy atom. The van der Waals surface area contributed by atoms with Gasteiger partial charge in [-0.2, -0.15) is 5.10 Å². The molecule has 0 saturated heterocycles. The van der Waals surface area contributed by atoms with E-state index in [0.717, 1.165) is 11.1 Å². The van der Waals surface area contributed by atoms with Crippen LogP contribution in [0.5, 0.6) is 5.75 Å². The van der Waals surface area contributed by atoms with Crippen molar-refractivity contribution in [3.63, 3.8) is 0 Å². The zero-order valence-electron chi connectivity index (χ0n) is 11.5. The molecule has 0 aliphatic rings. The molecule has 0 aliphatic carbocycles. The second-order valence-electron chi connectivity index (χ2n) is 4.41. The number of rotatable bonds is 5. The Morgan fingerprint density at radius 3 is 2.48 bits per heavy atom. The van der Waals surface area contributed by atoms with Crippen LogP contribution in [0.2, 0.25) is 0 Å². The van der Waals surface area contributed by atoms with E-state index in [9.17, 15) is 9.18 Å². The molecule has 2 aromatic carbocycles. The fraction of sp³-hybridized carbons (Fsp3) is 0.125. The normalized spacial score (nSPS) is 10.6. The first-order chi connectivity index (χ1) is 10.1. The molecule has 0 saturated carbocycles. The molecule has 108 valence electrons. The van der Waals surface area contributed by atoms with Crippen molar-refractivity contribution >= 4 is 12.1 Å². The summed E-state index contributed by atoms with van der Waals surface area (Å²) in [6, 6.07) is 13.4. The van der Waals surface area contributed by atoms with E-state index in [1.54, 1.807) is 30.5 Å². The summed E-state index contributed by atoms with van der Waals surface area (Å²) in [5, 5.41) is 3.77. The third-order valence-corrected chi connectivity index (χ3v) is 2.63. The van der Waals surface area contributed by atoms with Crippen molar-refractivity contribution in [1.29, 1.82) is 0 Å². The molecular weight excluding hydrogens is 271 g/mol. The quantitative estimate of drug-likeness (QED) is 0.678. The summed E-state index contributed by atoms with van der Waals surface area (Å²) in [7, 11) is 0. The Labute approximate surface area is 122 Å². The smallest absolute Gasteiger partial charge is 0.236 e. The fourth-order valence-electron chi connectivity index (χ4n) is 1.60. The number of halogens is 1. The number of benzene rings is 2. The van der Waals surface area contributed by atoms with Gasteiger partial charge in [-0.05, 0) is 47.5 Å². The molecule has 0 atom stereocenters. The highest BCUT2D eigenvalue weighted by Gasteiger charge is 1.97. The average Bonchev–Trinajstić information content (AvgIpc) is 2.48. The lowest BCUT2D eigenvalue weighted by atomic mass is 10.2. The monoisotopic (exact) mass is 286 g/mol. The summed E-state index contributed by atoms with van der Waals surface area (Å²) in [4.78, 5) is 10.7. The molecule has 0 aliphatic heterocycles. The van der Waals surface area contributed by atoms with Gasteiger partial charge in [0.2, 0.25) is 5.91 Å². The Hall–Kier alpha value is -2.69. The van der Waals surface area contributed by atoms with Gasteiger partial charge in [0.25, 0.3) is 0 Å². The van der Waals surface area contributed by atoms with Gasteiger partial charge in [0.15, 0.2) is 0 Å². The molecule has 2 aromatic rings. The maximum atomic E-state index is 12.8. The van der Waals surface area contributed by atoms with Crippen LogP contribution in [-0.2, 0) is 11.4 Å². The Balaban J connectivity index is 1.88. The fourth-order valence-corrected chi connectivity index (χ4v) is 1.60. The van der Waals surface area contributed by atoms with Gasteiger partial charge in [-0.25, -0.2) is 9.82 Å². The summed E-state index contributed by atoms with van der Waals surface area (Å²) in [6.45, 7) is 1.77. The molecule has 1 amide bonds. The summed E-state index contributed by atoms with van der Waals surface area (Å²) in [5.41, 5.74) is 4.07.